The number of imidazole rings is 1. The van der Waals surface area contributed by atoms with E-state index < -0.39 is 0 Å². The first-order valence-electron chi connectivity index (χ1n) is 9.00. The Morgan fingerprint density at radius 2 is 2.07 bits per heavy atom. The van der Waals surface area contributed by atoms with Crippen molar-refractivity contribution < 1.29 is 9.32 Å². The minimum Gasteiger partial charge on any atom is -0.334 e. The number of fused-ring (bicyclic) bond motifs is 1. The number of aromatic amines is 1. The monoisotopic (exact) mass is 377 g/mol. The summed E-state index contributed by atoms with van der Waals surface area (Å²) in [5, 5.41) is 6.78. The van der Waals surface area contributed by atoms with Gasteiger partial charge >= 0.3 is 5.69 Å². The minimum atomic E-state index is -0.152. The van der Waals surface area contributed by atoms with Gasteiger partial charge in [-0.05, 0) is 42.8 Å². The van der Waals surface area contributed by atoms with Crippen LogP contribution in [0.2, 0.25) is 0 Å². The van der Waals surface area contributed by atoms with Gasteiger partial charge in [-0.15, -0.1) is 0 Å². The van der Waals surface area contributed by atoms with E-state index in [1.54, 1.807) is 22.8 Å². The summed E-state index contributed by atoms with van der Waals surface area (Å²) in [5.41, 5.74) is 3.55. The molecule has 0 fully saturated rings. The van der Waals surface area contributed by atoms with Gasteiger partial charge in [-0.2, -0.15) is 4.98 Å². The Labute approximate surface area is 160 Å². The second kappa shape index (κ2) is 7.15. The average molecular weight is 377 g/mol. The van der Waals surface area contributed by atoms with Crippen molar-refractivity contribution in [2.75, 3.05) is 5.32 Å². The number of hydrogen-bond donors (Lipinski definition) is 2. The Balaban J connectivity index is 1.68. The number of nitrogens with zero attached hydrogens (tertiary/aromatic N) is 3. The first-order chi connectivity index (χ1) is 13.5. The lowest BCUT2D eigenvalue weighted by atomic mass is 10.2. The van der Waals surface area contributed by atoms with E-state index in [4.69, 9.17) is 4.52 Å². The number of anilines is 1. The summed E-state index contributed by atoms with van der Waals surface area (Å²) in [7, 11) is 0. The summed E-state index contributed by atoms with van der Waals surface area (Å²) in [5.74, 6) is 0.617. The second-order valence-corrected chi connectivity index (χ2v) is 6.50. The van der Waals surface area contributed by atoms with Gasteiger partial charge in [0, 0.05) is 30.3 Å². The molecular formula is C20H19N5O3. The predicted octanol–water partition coefficient (Wildman–Crippen LogP) is 3.42. The summed E-state index contributed by atoms with van der Waals surface area (Å²) in [6.45, 7) is 4.14. The third-order valence-corrected chi connectivity index (χ3v) is 4.34. The molecule has 0 unspecified atom stereocenters. The lowest BCUT2D eigenvalue weighted by molar-refractivity contribution is -0.114. The van der Waals surface area contributed by atoms with E-state index in [2.05, 4.69) is 20.4 Å². The molecular weight excluding hydrogens is 358 g/mol. The SMILES string of the molecule is CCCn1c(=O)[nH]c2cc(-c3noc(-c4cccc(NC(C)=O)c4)n3)ccc21. The molecule has 0 aliphatic carbocycles. The Hall–Kier alpha value is -3.68. The van der Waals surface area contributed by atoms with Crippen molar-refractivity contribution in [3.8, 4) is 22.8 Å². The number of carbonyl (C=O) groups is 1. The molecule has 0 bridgehead atoms. The van der Waals surface area contributed by atoms with E-state index in [9.17, 15) is 9.59 Å². The molecule has 1 amide bonds. The molecule has 2 N–H and O–H groups in total. The molecule has 8 nitrogen and oxygen atoms in total. The Morgan fingerprint density at radius 1 is 1.21 bits per heavy atom. The molecule has 0 saturated heterocycles. The van der Waals surface area contributed by atoms with Crippen molar-refractivity contribution in [3.63, 3.8) is 0 Å². The van der Waals surface area contributed by atoms with Crippen LogP contribution in [0.4, 0.5) is 5.69 Å². The van der Waals surface area contributed by atoms with Crippen LogP contribution >= 0.6 is 0 Å². The number of nitrogens with one attached hydrogen (secondary N) is 2. The summed E-state index contributed by atoms with van der Waals surface area (Å²) in [6, 6.07) is 12.8. The van der Waals surface area contributed by atoms with E-state index in [0.717, 1.165) is 23.0 Å². The highest BCUT2D eigenvalue weighted by Gasteiger charge is 2.13. The molecule has 0 saturated carbocycles. The fraction of sp³-hybridized carbons (Fsp3) is 0.200. The molecule has 4 rings (SSSR count). The van der Waals surface area contributed by atoms with E-state index in [0.29, 0.717) is 29.5 Å². The average Bonchev–Trinajstić information content (AvgIpc) is 3.27. The maximum Gasteiger partial charge on any atom is 0.326 e. The standard InChI is InChI=1S/C20H19N5O3/c1-3-9-25-17-8-7-13(11-16(17)22-20(25)27)18-23-19(28-24-18)14-5-4-6-15(10-14)21-12(2)26/h4-8,10-11H,3,9H2,1-2H3,(H,21,26)(H,22,27). The van der Waals surface area contributed by atoms with Crippen LogP contribution in [0, 0.1) is 0 Å². The van der Waals surface area contributed by atoms with Crippen LogP contribution in [-0.2, 0) is 11.3 Å². The predicted molar refractivity (Wildman–Crippen MR) is 106 cm³/mol. The molecule has 0 aliphatic rings. The summed E-state index contributed by atoms with van der Waals surface area (Å²) in [6.07, 6.45) is 0.875. The quantitative estimate of drug-likeness (QED) is 0.554. The van der Waals surface area contributed by atoms with Gasteiger partial charge in [-0.25, -0.2) is 4.79 Å². The highest BCUT2D eigenvalue weighted by atomic mass is 16.5. The summed E-state index contributed by atoms with van der Waals surface area (Å²) < 4.78 is 7.11. The Bertz CT molecular complexity index is 1220. The minimum absolute atomic E-state index is 0.127. The van der Waals surface area contributed by atoms with Crippen molar-refractivity contribution in [2.24, 2.45) is 0 Å². The zero-order valence-electron chi connectivity index (χ0n) is 15.5. The van der Waals surface area contributed by atoms with E-state index in [1.165, 1.54) is 6.92 Å². The molecule has 28 heavy (non-hydrogen) atoms. The van der Waals surface area contributed by atoms with Crippen molar-refractivity contribution in [1.29, 1.82) is 0 Å². The topological polar surface area (TPSA) is 106 Å². The van der Waals surface area contributed by atoms with Crippen molar-refractivity contribution in [1.82, 2.24) is 19.7 Å². The van der Waals surface area contributed by atoms with Gasteiger partial charge < -0.3 is 14.8 Å². The fourth-order valence-corrected chi connectivity index (χ4v) is 3.14. The fourth-order valence-electron chi connectivity index (χ4n) is 3.14. The van der Waals surface area contributed by atoms with Gasteiger partial charge in [0.1, 0.15) is 0 Å². The molecule has 142 valence electrons. The number of H-pyrrole nitrogens is 1. The number of aromatic nitrogens is 4. The van der Waals surface area contributed by atoms with Gasteiger partial charge in [0.05, 0.1) is 11.0 Å². The number of hydrogen-bond acceptors (Lipinski definition) is 5. The molecule has 0 radical (unpaired) electrons. The maximum atomic E-state index is 12.1. The third kappa shape index (κ3) is 3.32. The molecule has 0 spiro atoms. The lowest BCUT2D eigenvalue weighted by Gasteiger charge is -2.02. The first-order valence-corrected chi connectivity index (χ1v) is 9.00. The van der Waals surface area contributed by atoms with Crippen molar-refractivity contribution in [3.05, 3.63) is 52.9 Å². The van der Waals surface area contributed by atoms with Gasteiger partial charge in [0.25, 0.3) is 5.89 Å². The summed E-state index contributed by atoms with van der Waals surface area (Å²) >= 11 is 0. The van der Waals surface area contributed by atoms with Crippen LogP contribution in [0.15, 0.2) is 51.8 Å². The molecule has 4 aromatic rings. The van der Waals surface area contributed by atoms with Crippen molar-refractivity contribution >= 4 is 22.6 Å². The number of aryl methyl sites for hydroxylation is 1. The highest BCUT2D eigenvalue weighted by Crippen LogP contribution is 2.26. The maximum absolute atomic E-state index is 12.1. The second-order valence-electron chi connectivity index (χ2n) is 6.50. The first kappa shape index (κ1) is 17.7. The Kier molecular flexibility index (Phi) is 4.52. The zero-order valence-corrected chi connectivity index (χ0v) is 15.5. The number of rotatable bonds is 5. The number of carbonyl (C=O) groups excluding carboxylic acids is 1. The van der Waals surface area contributed by atoms with E-state index in [1.807, 2.05) is 31.2 Å². The van der Waals surface area contributed by atoms with Crippen LogP contribution < -0.4 is 11.0 Å². The molecule has 8 heteroatoms. The smallest absolute Gasteiger partial charge is 0.326 e. The van der Waals surface area contributed by atoms with Crippen LogP contribution in [0.5, 0.6) is 0 Å². The lowest BCUT2D eigenvalue weighted by Crippen LogP contribution is -2.16. The zero-order chi connectivity index (χ0) is 19.7. The molecule has 2 aromatic heterocycles. The number of benzene rings is 2. The van der Waals surface area contributed by atoms with Crippen LogP contribution in [-0.4, -0.2) is 25.6 Å². The van der Waals surface area contributed by atoms with Crippen LogP contribution in [0.1, 0.15) is 20.3 Å². The van der Waals surface area contributed by atoms with Crippen LogP contribution in [0.3, 0.4) is 0 Å². The largest absolute Gasteiger partial charge is 0.334 e. The molecule has 0 aliphatic heterocycles. The Morgan fingerprint density at radius 3 is 2.86 bits per heavy atom. The van der Waals surface area contributed by atoms with Gasteiger partial charge in [-0.3, -0.25) is 9.36 Å². The highest BCUT2D eigenvalue weighted by molar-refractivity contribution is 5.89. The van der Waals surface area contributed by atoms with Gasteiger partial charge in [-0.1, -0.05) is 18.1 Å². The molecule has 2 aromatic carbocycles. The van der Waals surface area contributed by atoms with Gasteiger partial charge in [0.2, 0.25) is 11.7 Å². The normalized spacial score (nSPS) is 11.1. The van der Waals surface area contributed by atoms with Gasteiger partial charge in [0.15, 0.2) is 0 Å². The van der Waals surface area contributed by atoms with E-state index in [-0.39, 0.29) is 11.6 Å². The van der Waals surface area contributed by atoms with Crippen LogP contribution in [0.25, 0.3) is 33.9 Å². The molecule has 2 heterocycles. The number of amides is 1. The molecule has 0 atom stereocenters. The third-order valence-electron chi connectivity index (χ3n) is 4.34. The van der Waals surface area contributed by atoms with Crippen molar-refractivity contribution in [2.45, 2.75) is 26.8 Å². The van der Waals surface area contributed by atoms with E-state index >= 15 is 0 Å². The summed E-state index contributed by atoms with van der Waals surface area (Å²) in [4.78, 5) is 30.7.